The molecule has 1 heterocycles. The van der Waals surface area contributed by atoms with Gasteiger partial charge in [-0.1, -0.05) is 44.2 Å². The van der Waals surface area contributed by atoms with Crippen LogP contribution in [0.15, 0.2) is 30.3 Å². The van der Waals surface area contributed by atoms with Crippen LogP contribution in [0.5, 0.6) is 0 Å². The van der Waals surface area contributed by atoms with Gasteiger partial charge in [-0.05, 0) is 12.5 Å². The number of carbonyl (C=O) groups is 2. The molecule has 96 valence electrons. The zero-order chi connectivity index (χ0) is 13.3. The van der Waals surface area contributed by atoms with Gasteiger partial charge in [-0.3, -0.25) is 9.59 Å². The van der Waals surface area contributed by atoms with Crippen molar-refractivity contribution in [2.24, 2.45) is 11.3 Å². The van der Waals surface area contributed by atoms with Gasteiger partial charge in [0.1, 0.15) is 11.7 Å². The van der Waals surface area contributed by atoms with Gasteiger partial charge in [-0.15, -0.1) is 0 Å². The number of carbonyl (C=O) groups excluding carboxylic acids is 2. The second kappa shape index (κ2) is 4.56. The molecule has 1 atom stereocenters. The van der Waals surface area contributed by atoms with E-state index in [1.165, 1.54) is 6.92 Å². The number of hydrogen-bond donors (Lipinski definition) is 0. The topological polar surface area (TPSA) is 37.4 Å². The van der Waals surface area contributed by atoms with Crippen molar-refractivity contribution in [1.82, 2.24) is 4.90 Å². The number of benzene rings is 1. The van der Waals surface area contributed by atoms with Crippen LogP contribution in [0.1, 0.15) is 26.3 Å². The van der Waals surface area contributed by atoms with Crippen LogP contribution in [0.3, 0.4) is 0 Å². The predicted octanol–water partition coefficient (Wildman–Crippen LogP) is 2.26. The van der Waals surface area contributed by atoms with Crippen LogP contribution in [-0.2, 0) is 16.1 Å². The summed E-state index contributed by atoms with van der Waals surface area (Å²) in [5.41, 5.74) is 0.836. The number of Topliss-reactive ketones (excluding diaryl/α,β-unsaturated/α-hetero) is 1. The third-order valence-corrected chi connectivity index (χ3v) is 3.56. The molecule has 1 aromatic rings. The second-order valence-electron chi connectivity index (χ2n) is 5.71. The molecule has 0 spiro atoms. The summed E-state index contributed by atoms with van der Waals surface area (Å²) in [4.78, 5) is 25.7. The lowest BCUT2D eigenvalue weighted by Crippen LogP contribution is -2.31. The second-order valence-corrected chi connectivity index (χ2v) is 5.71. The van der Waals surface area contributed by atoms with Gasteiger partial charge in [0.05, 0.1) is 0 Å². The van der Waals surface area contributed by atoms with Crippen molar-refractivity contribution in [3.63, 3.8) is 0 Å². The Morgan fingerprint density at radius 1 is 1.33 bits per heavy atom. The molecular formula is C15H19NO2. The first-order chi connectivity index (χ1) is 8.42. The fourth-order valence-electron chi connectivity index (χ4n) is 2.84. The first kappa shape index (κ1) is 12.8. The Bertz CT molecular complexity index is 465. The number of hydrogen-bond acceptors (Lipinski definition) is 2. The van der Waals surface area contributed by atoms with Crippen molar-refractivity contribution in [2.75, 3.05) is 6.54 Å². The third-order valence-electron chi connectivity index (χ3n) is 3.56. The van der Waals surface area contributed by atoms with E-state index in [1.54, 1.807) is 4.90 Å². The predicted molar refractivity (Wildman–Crippen MR) is 69.8 cm³/mol. The molecule has 0 bridgehead atoms. The first-order valence-electron chi connectivity index (χ1n) is 6.25. The Morgan fingerprint density at radius 2 is 1.94 bits per heavy atom. The van der Waals surface area contributed by atoms with Crippen LogP contribution >= 0.6 is 0 Å². The highest BCUT2D eigenvalue weighted by atomic mass is 16.2. The zero-order valence-corrected chi connectivity index (χ0v) is 11.1. The molecule has 2 rings (SSSR count). The largest absolute Gasteiger partial charge is 0.337 e. The van der Waals surface area contributed by atoms with Gasteiger partial charge in [0.2, 0.25) is 5.91 Å². The van der Waals surface area contributed by atoms with Gasteiger partial charge in [-0.25, -0.2) is 0 Å². The summed E-state index contributed by atoms with van der Waals surface area (Å²) in [6.07, 6.45) is 0. The Morgan fingerprint density at radius 3 is 2.44 bits per heavy atom. The highest BCUT2D eigenvalue weighted by molar-refractivity contribution is 6.02. The van der Waals surface area contributed by atoms with Gasteiger partial charge in [-0.2, -0.15) is 0 Å². The zero-order valence-electron chi connectivity index (χ0n) is 11.1. The number of nitrogens with zero attached hydrogens (tertiary/aromatic N) is 1. The summed E-state index contributed by atoms with van der Waals surface area (Å²) in [7, 11) is 0. The summed E-state index contributed by atoms with van der Waals surface area (Å²) in [6, 6.07) is 9.88. The van der Waals surface area contributed by atoms with Crippen LogP contribution in [0.2, 0.25) is 0 Å². The highest BCUT2D eigenvalue weighted by Crippen LogP contribution is 2.37. The molecule has 3 heteroatoms. The van der Waals surface area contributed by atoms with E-state index in [-0.39, 0.29) is 17.1 Å². The van der Waals surface area contributed by atoms with Gasteiger partial charge in [0.15, 0.2) is 0 Å². The molecular weight excluding hydrogens is 226 g/mol. The SMILES string of the molecule is CC(=O)C1C(=O)N(Cc2ccccc2)CC1(C)C. The molecule has 0 saturated carbocycles. The fourth-order valence-corrected chi connectivity index (χ4v) is 2.84. The lowest BCUT2D eigenvalue weighted by molar-refractivity contribution is -0.137. The van der Waals surface area contributed by atoms with E-state index in [0.717, 1.165) is 5.56 Å². The molecule has 0 aliphatic carbocycles. The van der Waals surface area contributed by atoms with Crippen molar-refractivity contribution in [3.05, 3.63) is 35.9 Å². The monoisotopic (exact) mass is 245 g/mol. The van der Waals surface area contributed by atoms with Crippen molar-refractivity contribution in [3.8, 4) is 0 Å². The Balaban J connectivity index is 2.18. The Kier molecular flexibility index (Phi) is 3.24. The minimum absolute atomic E-state index is 0.0273. The molecule has 1 amide bonds. The number of amides is 1. The standard InChI is InChI=1S/C15H19NO2/c1-11(17)13-14(18)16(10-15(13,2)3)9-12-7-5-4-6-8-12/h4-8,13H,9-10H2,1-3H3. The molecule has 1 aliphatic heterocycles. The van der Waals surface area contributed by atoms with E-state index in [4.69, 9.17) is 0 Å². The van der Waals surface area contributed by atoms with Gasteiger partial charge < -0.3 is 4.90 Å². The normalized spacial score (nSPS) is 22.3. The van der Waals surface area contributed by atoms with E-state index in [2.05, 4.69) is 0 Å². The molecule has 1 aromatic carbocycles. The molecule has 0 N–H and O–H groups in total. The maximum Gasteiger partial charge on any atom is 0.234 e. The average Bonchev–Trinajstić information content (AvgIpc) is 2.50. The van der Waals surface area contributed by atoms with Crippen molar-refractivity contribution in [2.45, 2.75) is 27.3 Å². The third kappa shape index (κ3) is 2.30. The molecule has 1 fully saturated rings. The lowest BCUT2D eigenvalue weighted by Gasteiger charge is -2.21. The first-order valence-corrected chi connectivity index (χ1v) is 6.25. The summed E-state index contributed by atoms with van der Waals surface area (Å²) in [5.74, 6) is -0.543. The molecule has 18 heavy (non-hydrogen) atoms. The van der Waals surface area contributed by atoms with Crippen LogP contribution in [-0.4, -0.2) is 23.1 Å². The maximum absolute atomic E-state index is 12.3. The molecule has 3 nitrogen and oxygen atoms in total. The Labute approximate surface area is 108 Å². The van der Waals surface area contributed by atoms with Gasteiger partial charge in [0.25, 0.3) is 0 Å². The fraction of sp³-hybridized carbons (Fsp3) is 0.467. The maximum atomic E-state index is 12.3. The lowest BCUT2D eigenvalue weighted by atomic mass is 9.79. The summed E-state index contributed by atoms with van der Waals surface area (Å²) < 4.78 is 0. The van der Waals surface area contributed by atoms with Crippen molar-refractivity contribution >= 4 is 11.7 Å². The van der Waals surface area contributed by atoms with Crippen molar-refractivity contribution < 1.29 is 9.59 Å². The minimum atomic E-state index is -0.485. The summed E-state index contributed by atoms with van der Waals surface area (Å²) in [6.45, 7) is 6.72. The minimum Gasteiger partial charge on any atom is -0.337 e. The van der Waals surface area contributed by atoms with E-state index < -0.39 is 5.92 Å². The van der Waals surface area contributed by atoms with E-state index in [9.17, 15) is 9.59 Å². The number of likely N-dealkylation sites (tertiary alicyclic amines) is 1. The van der Waals surface area contributed by atoms with Crippen molar-refractivity contribution in [1.29, 1.82) is 0 Å². The highest BCUT2D eigenvalue weighted by Gasteiger charge is 2.48. The van der Waals surface area contributed by atoms with Crippen LogP contribution in [0.25, 0.3) is 0 Å². The van der Waals surface area contributed by atoms with Crippen LogP contribution in [0.4, 0.5) is 0 Å². The molecule has 0 aromatic heterocycles. The molecule has 1 unspecified atom stereocenters. The van der Waals surface area contributed by atoms with E-state index in [0.29, 0.717) is 13.1 Å². The van der Waals surface area contributed by atoms with Gasteiger partial charge in [0, 0.05) is 18.5 Å². The van der Waals surface area contributed by atoms with Gasteiger partial charge >= 0.3 is 0 Å². The molecule has 1 aliphatic rings. The number of ketones is 1. The molecule has 1 saturated heterocycles. The summed E-state index contributed by atoms with van der Waals surface area (Å²) in [5, 5.41) is 0. The van der Waals surface area contributed by atoms with Crippen LogP contribution < -0.4 is 0 Å². The van der Waals surface area contributed by atoms with E-state index >= 15 is 0 Å². The van der Waals surface area contributed by atoms with E-state index in [1.807, 2.05) is 44.2 Å². The quantitative estimate of drug-likeness (QED) is 0.766. The van der Waals surface area contributed by atoms with Crippen LogP contribution in [0, 0.1) is 11.3 Å². The summed E-state index contributed by atoms with van der Waals surface area (Å²) >= 11 is 0. The average molecular weight is 245 g/mol. The molecule has 0 radical (unpaired) electrons. The number of rotatable bonds is 3. The Hall–Kier alpha value is -1.64. The smallest absolute Gasteiger partial charge is 0.234 e.